The van der Waals surface area contributed by atoms with Crippen molar-refractivity contribution in [2.24, 2.45) is 0 Å². The normalized spacial score (nSPS) is 17.0. The lowest BCUT2D eigenvalue weighted by molar-refractivity contribution is -0.119. The first kappa shape index (κ1) is 15.9. The second-order valence-electron chi connectivity index (χ2n) is 6.93. The monoisotopic (exact) mass is 329 g/mol. The van der Waals surface area contributed by atoms with E-state index in [-0.39, 0.29) is 11.8 Å². The van der Waals surface area contributed by atoms with Crippen molar-refractivity contribution in [1.82, 2.24) is 0 Å². The summed E-state index contributed by atoms with van der Waals surface area (Å²) in [6.07, 6.45) is 1.51. The molecule has 1 atom stereocenters. The Labute approximate surface area is 149 Å². The van der Waals surface area contributed by atoms with Crippen LogP contribution in [0.5, 0.6) is 0 Å². The van der Waals surface area contributed by atoms with Gasteiger partial charge in [0.15, 0.2) is 0 Å². The third-order valence-corrected chi connectivity index (χ3v) is 5.19. The molecule has 126 valence electrons. The predicted octanol–water partition coefficient (Wildman–Crippen LogP) is 5.43. The van der Waals surface area contributed by atoms with E-state index in [0.29, 0.717) is 6.42 Å². The first-order valence-corrected chi connectivity index (χ1v) is 9.07. The maximum Gasteiger partial charge on any atom is 0.227 e. The second-order valence-corrected chi connectivity index (χ2v) is 6.93. The number of rotatable bonds is 3. The van der Waals surface area contributed by atoms with Crippen molar-refractivity contribution >= 4 is 22.4 Å². The molecule has 2 heteroatoms. The fourth-order valence-corrected chi connectivity index (χ4v) is 3.96. The molecule has 0 spiro atoms. The molecule has 4 rings (SSSR count). The molecule has 1 amide bonds. The summed E-state index contributed by atoms with van der Waals surface area (Å²) in [7, 11) is 0. The average Bonchev–Trinajstić information content (AvgIpc) is 2.64. The van der Waals surface area contributed by atoms with Crippen molar-refractivity contribution in [2.75, 3.05) is 11.4 Å². The molecule has 1 aliphatic heterocycles. The van der Waals surface area contributed by atoms with Gasteiger partial charge in [-0.05, 0) is 41.3 Å². The zero-order chi connectivity index (χ0) is 17.4. The molecule has 1 heterocycles. The largest absolute Gasteiger partial charge is 0.312 e. The summed E-state index contributed by atoms with van der Waals surface area (Å²) in [6, 6.07) is 21.4. The van der Waals surface area contributed by atoms with Gasteiger partial charge in [0.2, 0.25) is 5.91 Å². The molecule has 25 heavy (non-hydrogen) atoms. The Kier molecular flexibility index (Phi) is 4.04. The van der Waals surface area contributed by atoms with Gasteiger partial charge in [0.05, 0.1) is 0 Å². The minimum absolute atomic E-state index is 0.127. The van der Waals surface area contributed by atoms with Gasteiger partial charge < -0.3 is 4.90 Å². The van der Waals surface area contributed by atoms with Crippen LogP contribution in [0.2, 0.25) is 0 Å². The summed E-state index contributed by atoms with van der Waals surface area (Å²) in [4.78, 5) is 14.8. The van der Waals surface area contributed by atoms with Gasteiger partial charge >= 0.3 is 0 Å². The number of fused-ring (bicyclic) bond motifs is 3. The molecule has 3 aromatic carbocycles. The minimum atomic E-state index is 0.127. The average molecular weight is 329 g/mol. The Hall–Kier alpha value is -2.61. The van der Waals surface area contributed by atoms with Gasteiger partial charge in [0, 0.05) is 24.6 Å². The number of hydrogen-bond donors (Lipinski definition) is 0. The molecule has 3 aromatic rings. The van der Waals surface area contributed by atoms with Crippen LogP contribution in [-0.2, 0) is 4.79 Å². The molecule has 0 saturated heterocycles. The summed E-state index contributed by atoms with van der Waals surface area (Å²) in [6.45, 7) is 5.01. The fourth-order valence-electron chi connectivity index (χ4n) is 3.96. The molecule has 0 radical (unpaired) electrons. The number of carbonyl (C=O) groups excluding carboxylic acids is 1. The summed E-state index contributed by atoms with van der Waals surface area (Å²) >= 11 is 0. The molecule has 1 unspecified atom stereocenters. The van der Waals surface area contributed by atoms with Crippen molar-refractivity contribution in [3.63, 3.8) is 0 Å². The van der Waals surface area contributed by atoms with Gasteiger partial charge in [-0.1, -0.05) is 67.1 Å². The maximum absolute atomic E-state index is 12.9. The number of nitrogens with zero attached hydrogens (tertiary/aromatic N) is 1. The lowest BCUT2D eigenvalue weighted by atomic mass is 9.81. The van der Waals surface area contributed by atoms with E-state index in [1.165, 1.54) is 27.5 Å². The van der Waals surface area contributed by atoms with Gasteiger partial charge in [-0.15, -0.1) is 0 Å². The highest BCUT2D eigenvalue weighted by Crippen LogP contribution is 2.44. The lowest BCUT2D eigenvalue weighted by Gasteiger charge is -2.35. The smallest absolute Gasteiger partial charge is 0.227 e. The van der Waals surface area contributed by atoms with Crippen molar-refractivity contribution < 1.29 is 4.79 Å². The van der Waals surface area contributed by atoms with Crippen molar-refractivity contribution in [3.8, 4) is 0 Å². The molecule has 0 aliphatic carbocycles. The topological polar surface area (TPSA) is 20.3 Å². The molecule has 0 saturated carbocycles. The number of benzene rings is 3. The molecular weight excluding hydrogens is 306 g/mol. The van der Waals surface area contributed by atoms with Gasteiger partial charge in [0.25, 0.3) is 0 Å². The summed E-state index contributed by atoms with van der Waals surface area (Å²) in [5.41, 5.74) is 4.86. The third kappa shape index (κ3) is 2.72. The number of carbonyl (C=O) groups is 1. The van der Waals surface area contributed by atoms with Crippen LogP contribution in [0.1, 0.15) is 42.4 Å². The molecule has 1 aliphatic rings. The van der Waals surface area contributed by atoms with Crippen LogP contribution >= 0.6 is 0 Å². The summed E-state index contributed by atoms with van der Waals surface area (Å²) in [5.74, 6) is 0.359. The van der Waals surface area contributed by atoms with Gasteiger partial charge in [0.1, 0.15) is 0 Å². The standard InChI is InChI=1S/C23H23NO/c1-3-14-24-21-13-12-17-6-4-5-7-19(17)23(21)20(15-22(24)25)18-10-8-16(2)9-11-18/h4-13,20H,3,14-15H2,1-2H3. The number of hydrogen-bond acceptors (Lipinski definition) is 1. The SMILES string of the molecule is CCCN1C(=O)CC(c2ccc(C)cc2)c2c1ccc1ccccc21. The molecule has 0 N–H and O–H groups in total. The van der Waals surface area contributed by atoms with Crippen molar-refractivity contribution in [1.29, 1.82) is 0 Å². The fraction of sp³-hybridized carbons (Fsp3) is 0.261. The summed E-state index contributed by atoms with van der Waals surface area (Å²) < 4.78 is 0. The Morgan fingerprint density at radius 2 is 1.76 bits per heavy atom. The van der Waals surface area contributed by atoms with Crippen LogP contribution in [0.25, 0.3) is 10.8 Å². The Bertz CT molecular complexity index is 926. The van der Waals surface area contributed by atoms with E-state index in [1.807, 2.05) is 4.90 Å². The first-order valence-electron chi connectivity index (χ1n) is 9.07. The van der Waals surface area contributed by atoms with E-state index in [1.54, 1.807) is 0 Å². The minimum Gasteiger partial charge on any atom is -0.312 e. The van der Waals surface area contributed by atoms with Gasteiger partial charge in [-0.3, -0.25) is 4.79 Å². The Balaban J connectivity index is 1.96. The second kappa shape index (κ2) is 6.36. The van der Waals surface area contributed by atoms with Gasteiger partial charge in [-0.25, -0.2) is 0 Å². The van der Waals surface area contributed by atoms with Crippen LogP contribution < -0.4 is 4.90 Å². The van der Waals surface area contributed by atoms with Crippen LogP contribution in [0, 0.1) is 6.92 Å². The molecular formula is C23H23NO. The number of aryl methyl sites for hydroxylation is 1. The molecule has 0 fully saturated rings. The highest BCUT2D eigenvalue weighted by Gasteiger charge is 2.33. The third-order valence-electron chi connectivity index (χ3n) is 5.19. The van der Waals surface area contributed by atoms with Crippen LogP contribution in [0.3, 0.4) is 0 Å². The van der Waals surface area contributed by atoms with E-state index in [0.717, 1.165) is 18.7 Å². The van der Waals surface area contributed by atoms with E-state index < -0.39 is 0 Å². The van der Waals surface area contributed by atoms with Gasteiger partial charge in [-0.2, -0.15) is 0 Å². The first-order chi connectivity index (χ1) is 12.2. The van der Waals surface area contributed by atoms with Crippen molar-refractivity contribution in [3.05, 3.63) is 77.4 Å². The van der Waals surface area contributed by atoms with Crippen LogP contribution in [0.4, 0.5) is 5.69 Å². The number of amides is 1. The van der Waals surface area contributed by atoms with Crippen LogP contribution in [-0.4, -0.2) is 12.5 Å². The predicted molar refractivity (Wildman–Crippen MR) is 104 cm³/mol. The van der Waals surface area contributed by atoms with E-state index in [2.05, 4.69) is 74.5 Å². The van der Waals surface area contributed by atoms with Crippen LogP contribution in [0.15, 0.2) is 60.7 Å². The summed E-state index contributed by atoms with van der Waals surface area (Å²) in [5, 5.41) is 2.50. The van der Waals surface area contributed by atoms with Crippen molar-refractivity contribution in [2.45, 2.75) is 32.6 Å². The maximum atomic E-state index is 12.9. The Morgan fingerprint density at radius 3 is 2.52 bits per heavy atom. The highest BCUT2D eigenvalue weighted by atomic mass is 16.2. The highest BCUT2D eigenvalue weighted by molar-refractivity contribution is 6.03. The van der Waals surface area contributed by atoms with E-state index in [4.69, 9.17) is 0 Å². The van der Waals surface area contributed by atoms with E-state index in [9.17, 15) is 4.79 Å². The lowest BCUT2D eigenvalue weighted by Crippen LogP contribution is -2.37. The molecule has 0 aromatic heterocycles. The number of anilines is 1. The zero-order valence-corrected chi connectivity index (χ0v) is 14.8. The molecule has 2 nitrogen and oxygen atoms in total. The quantitative estimate of drug-likeness (QED) is 0.627. The zero-order valence-electron chi connectivity index (χ0n) is 14.8. The Morgan fingerprint density at radius 1 is 1.00 bits per heavy atom. The van der Waals surface area contributed by atoms with E-state index >= 15 is 0 Å². The molecule has 0 bridgehead atoms.